The first-order chi connectivity index (χ1) is 13.1. The van der Waals surface area contributed by atoms with Crippen molar-refractivity contribution in [1.82, 2.24) is 19.8 Å². The van der Waals surface area contributed by atoms with Gasteiger partial charge in [-0.15, -0.1) is 0 Å². The first-order valence-corrected chi connectivity index (χ1v) is 11.0. The summed E-state index contributed by atoms with van der Waals surface area (Å²) in [7, 11) is -3.58. The van der Waals surface area contributed by atoms with E-state index in [1.54, 1.807) is 0 Å². The summed E-state index contributed by atoms with van der Waals surface area (Å²) in [5, 5.41) is 4.87. The normalized spacial score (nSPS) is 16.0. The third-order valence-corrected chi connectivity index (χ3v) is 6.89. The van der Waals surface area contributed by atoms with Crippen molar-refractivity contribution in [2.45, 2.75) is 39.0 Å². The van der Waals surface area contributed by atoms with E-state index in [-0.39, 0.29) is 6.54 Å². The van der Waals surface area contributed by atoms with Gasteiger partial charge in [-0.25, -0.2) is 13.2 Å². The fourth-order valence-electron chi connectivity index (χ4n) is 3.48. The summed E-state index contributed by atoms with van der Waals surface area (Å²) in [5.74, 6) is -0.393. The Balaban J connectivity index is 1.95. The highest BCUT2D eigenvalue weighted by Crippen LogP contribution is 2.26. The molecule has 1 aromatic rings. The van der Waals surface area contributed by atoms with Gasteiger partial charge in [0.1, 0.15) is 0 Å². The van der Waals surface area contributed by atoms with Gasteiger partial charge >= 0.3 is 6.03 Å². The minimum Gasteiger partial charge on any atom is -0.338 e. The minimum atomic E-state index is -3.58. The number of rotatable bonds is 6. The van der Waals surface area contributed by atoms with E-state index in [1.165, 1.54) is 4.31 Å². The average Bonchev–Trinajstić information content (AvgIpc) is 2.59. The van der Waals surface area contributed by atoms with E-state index in [0.29, 0.717) is 37.6 Å². The van der Waals surface area contributed by atoms with Crippen LogP contribution in [0.2, 0.25) is 0 Å². The molecule has 8 nitrogen and oxygen atoms in total. The van der Waals surface area contributed by atoms with Crippen LogP contribution in [0.15, 0.2) is 17.0 Å². The summed E-state index contributed by atoms with van der Waals surface area (Å²) in [6.07, 6.45) is 0.790. The number of nitrogens with zero attached hydrogens (tertiary/aromatic N) is 2. The molecule has 0 aromatic heterocycles. The lowest BCUT2D eigenvalue weighted by Crippen LogP contribution is -2.52. The Morgan fingerprint density at radius 2 is 1.61 bits per heavy atom. The number of aryl methyl sites for hydroxylation is 3. The third-order valence-electron chi connectivity index (χ3n) is 4.69. The topological polar surface area (TPSA) is 98.8 Å². The predicted molar refractivity (Wildman–Crippen MR) is 108 cm³/mol. The third kappa shape index (κ3) is 5.52. The average molecular weight is 411 g/mol. The number of imide groups is 1. The van der Waals surface area contributed by atoms with E-state index in [2.05, 4.69) is 10.6 Å². The Kier molecular flexibility index (Phi) is 7.56. The van der Waals surface area contributed by atoms with Crippen LogP contribution >= 0.6 is 0 Å². The molecule has 1 fully saturated rings. The number of amides is 3. The van der Waals surface area contributed by atoms with Gasteiger partial charge in [0, 0.05) is 32.7 Å². The first-order valence-electron chi connectivity index (χ1n) is 9.53. The van der Waals surface area contributed by atoms with Crippen LogP contribution in [0.3, 0.4) is 0 Å². The number of carbonyl (C=O) groups is 2. The highest BCUT2D eigenvalue weighted by Gasteiger charge is 2.31. The quantitative estimate of drug-likeness (QED) is 0.733. The smallest absolute Gasteiger partial charge is 0.321 e. The molecule has 0 atom stereocenters. The maximum absolute atomic E-state index is 13.1. The van der Waals surface area contributed by atoms with Gasteiger partial charge < -0.3 is 5.32 Å². The maximum atomic E-state index is 13.1. The van der Waals surface area contributed by atoms with Crippen LogP contribution in [0, 0.1) is 20.8 Å². The molecule has 0 bridgehead atoms. The molecule has 1 saturated heterocycles. The van der Waals surface area contributed by atoms with Gasteiger partial charge in [-0.3, -0.25) is 15.0 Å². The van der Waals surface area contributed by atoms with Gasteiger partial charge in [-0.05, 0) is 38.3 Å². The van der Waals surface area contributed by atoms with Crippen LogP contribution in [0.1, 0.15) is 30.0 Å². The second-order valence-corrected chi connectivity index (χ2v) is 9.09. The van der Waals surface area contributed by atoms with Gasteiger partial charge in [0.05, 0.1) is 11.4 Å². The molecule has 28 heavy (non-hydrogen) atoms. The summed E-state index contributed by atoms with van der Waals surface area (Å²) in [5.41, 5.74) is 2.53. The predicted octanol–water partition coefficient (Wildman–Crippen LogP) is 1.15. The number of urea groups is 1. The van der Waals surface area contributed by atoms with Crippen molar-refractivity contribution < 1.29 is 18.0 Å². The summed E-state index contributed by atoms with van der Waals surface area (Å²) >= 11 is 0. The fourth-order valence-corrected chi connectivity index (χ4v) is 5.32. The highest BCUT2D eigenvalue weighted by molar-refractivity contribution is 7.89. The number of hydrogen-bond acceptors (Lipinski definition) is 5. The molecule has 156 valence electrons. The van der Waals surface area contributed by atoms with E-state index in [4.69, 9.17) is 0 Å². The molecule has 1 heterocycles. The molecule has 3 amide bonds. The molecular weight excluding hydrogens is 380 g/mol. The molecule has 1 aliphatic heterocycles. The number of nitrogens with one attached hydrogen (secondary N) is 2. The van der Waals surface area contributed by atoms with Crippen molar-refractivity contribution in [3.8, 4) is 0 Å². The van der Waals surface area contributed by atoms with Crippen LogP contribution < -0.4 is 10.6 Å². The fraction of sp³-hybridized carbons (Fsp3) is 0.579. The Hall–Kier alpha value is -1.97. The SMILES string of the molecule is CCCNC(=O)NC(=O)CN1CCN(S(=O)(=O)c2c(C)cc(C)cc2C)CC1. The van der Waals surface area contributed by atoms with Crippen molar-refractivity contribution in [2.75, 3.05) is 39.3 Å². The summed E-state index contributed by atoms with van der Waals surface area (Å²) in [6.45, 7) is 9.57. The second-order valence-electron chi connectivity index (χ2n) is 7.21. The Labute approximate surface area is 167 Å². The second kappa shape index (κ2) is 9.49. The molecule has 0 saturated carbocycles. The number of benzene rings is 1. The summed E-state index contributed by atoms with van der Waals surface area (Å²) < 4.78 is 27.7. The molecule has 1 aromatic carbocycles. The van der Waals surface area contributed by atoms with E-state index < -0.39 is 22.0 Å². The molecular formula is C19H30N4O4S. The van der Waals surface area contributed by atoms with Crippen LogP contribution in [-0.4, -0.2) is 68.8 Å². The molecule has 0 unspecified atom stereocenters. The molecule has 2 rings (SSSR count). The molecule has 0 radical (unpaired) electrons. The van der Waals surface area contributed by atoms with Crippen molar-refractivity contribution in [3.05, 3.63) is 28.8 Å². The lowest BCUT2D eigenvalue weighted by molar-refractivity contribution is -0.121. The lowest BCUT2D eigenvalue weighted by atomic mass is 10.1. The van der Waals surface area contributed by atoms with Crippen molar-refractivity contribution in [3.63, 3.8) is 0 Å². The monoisotopic (exact) mass is 410 g/mol. The lowest BCUT2D eigenvalue weighted by Gasteiger charge is -2.34. The van der Waals surface area contributed by atoms with E-state index in [1.807, 2.05) is 44.7 Å². The van der Waals surface area contributed by atoms with Crippen LogP contribution in [0.5, 0.6) is 0 Å². The molecule has 0 spiro atoms. The summed E-state index contributed by atoms with van der Waals surface area (Å²) in [4.78, 5) is 25.7. The minimum absolute atomic E-state index is 0.0655. The van der Waals surface area contributed by atoms with E-state index in [9.17, 15) is 18.0 Å². The molecule has 0 aliphatic carbocycles. The van der Waals surface area contributed by atoms with Gasteiger partial charge in [0.25, 0.3) is 0 Å². The van der Waals surface area contributed by atoms with Gasteiger partial charge in [0.2, 0.25) is 15.9 Å². The zero-order valence-corrected chi connectivity index (χ0v) is 17.9. The van der Waals surface area contributed by atoms with Crippen LogP contribution in [0.4, 0.5) is 4.79 Å². The maximum Gasteiger partial charge on any atom is 0.321 e. The highest BCUT2D eigenvalue weighted by atomic mass is 32.2. The molecule has 2 N–H and O–H groups in total. The number of piperazine rings is 1. The number of hydrogen-bond donors (Lipinski definition) is 2. The number of carbonyl (C=O) groups excluding carboxylic acids is 2. The van der Waals surface area contributed by atoms with Gasteiger partial charge in [-0.1, -0.05) is 24.6 Å². The Bertz CT molecular complexity index is 807. The standard InChI is InChI=1S/C19H30N4O4S/c1-5-6-20-19(25)21-17(24)13-22-7-9-23(10-8-22)28(26,27)18-15(3)11-14(2)12-16(18)4/h11-12H,5-10,13H2,1-4H3,(H2,20,21,24,25). The Morgan fingerprint density at radius 3 is 2.14 bits per heavy atom. The number of sulfonamides is 1. The zero-order chi connectivity index (χ0) is 20.9. The van der Waals surface area contributed by atoms with Crippen molar-refractivity contribution >= 4 is 22.0 Å². The van der Waals surface area contributed by atoms with E-state index in [0.717, 1.165) is 23.1 Å². The van der Waals surface area contributed by atoms with Gasteiger partial charge in [0.15, 0.2) is 0 Å². The summed E-state index contributed by atoms with van der Waals surface area (Å²) in [6, 6.07) is 3.26. The molecule has 9 heteroatoms. The zero-order valence-electron chi connectivity index (χ0n) is 17.0. The Morgan fingerprint density at radius 1 is 1.04 bits per heavy atom. The van der Waals surface area contributed by atoms with Crippen molar-refractivity contribution in [2.24, 2.45) is 0 Å². The van der Waals surface area contributed by atoms with Gasteiger partial charge in [-0.2, -0.15) is 4.31 Å². The first kappa shape index (κ1) is 22.3. The largest absolute Gasteiger partial charge is 0.338 e. The van der Waals surface area contributed by atoms with Crippen molar-refractivity contribution in [1.29, 1.82) is 0 Å². The van der Waals surface area contributed by atoms with Crippen LogP contribution in [-0.2, 0) is 14.8 Å². The molecule has 1 aliphatic rings. The van der Waals surface area contributed by atoms with Crippen LogP contribution in [0.25, 0.3) is 0 Å². The van der Waals surface area contributed by atoms with E-state index >= 15 is 0 Å².